The number of hydrogen-bond acceptors (Lipinski definition) is 4. The molecule has 0 fully saturated rings. The molecule has 182 valence electrons. The minimum absolute atomic E-state index is 0.0541. The molecule has 11 heteroatoms. The van der Waals surface area contributed by atoms with Gasteiger partial charge >= 0.3 is 6.18 Å². The standard InChI is InChI=1S/C24H19F4N3O4/c25-16-5-3-15(4-6-16)23(34)30-17-7-9-20(19(14-17)24(26,27)28)31-22(33)11-12-29-21(32)10-8-18-2-1-13-35-18/h1-10,13-14H,11-12H2,(H,29,32)(H,30,34)(H,31,33)/b10-8+. The number of carbonyl (C=O) groups excluding carboxylic acids is 3. The number of alkyl halides is 3. The number of carbonyl (C=O) groups is 3. The van der Waals surface area contributed by atoms with Gasteiger partial charge in [-0.15, -0.1) is 0 Å². The molecule has 0 spiro atoms. The van der Waals surface area contributed by atoms with Crippen molar-refractivity contribution in [2.75, 3.05) is 17.2 Å². The minimum Gasteiger partial charge on any atom is -0.465 e. The van der Waals surface area contributed by atoms with Crippen molar-refractivity contribution in [1.29, 1.82) is 0 Å². The number of rotatable bonds is 8. The molecule has 0 saturated heterocycles. The van der Waals surface area contributed by atoms with Crippen molar-refractivity contribution in [3.8, 4) is 0 Å². The minimum atomic E-state index is -4.83. The molecule has 0 radical (unpaired) electrons. The molecule has 3 amide bonds. The molecule has 0 saturated carbocycles. The van der Waals surface area contributed by atoms with E-state index in [0.29, 0.717) is 11.8 Å². The zero-order valence-corrected chi connectivity index (χ0v) is 18.0. The lowest BCUT2D eigenvalue weighted by Crippen LogP contribution is -2.26. The van der Waals surface area contributed by atoms with Crippen molar-refractivity contribution in [2.24, 2.45) is 0 Å². The van der Waals surface area contributed by atoms with E-state index in [4.69, 9.17) is 4.42 Å². The fourth-order valence-corrected chi connectivity index (χ4v) is 2.88. The highest BCUT2D eigenvalue weighted by atomic mass is 19.4. The zero-order valence-electron chi connectivity index (χ0n) is 18.0. The Bertz CT molecular complexity index is 1220. The summed E-state index contributed by atoms with van der Waals surface area (Å²) in [5, 5.41) is 6.91. The van der Waals surface area contributed by atoms with Gasteiger partial charge in [0.2, 0.25) is 11.8 Å². The van der Waals surface area contributed by atoms with Crippen molar-refractivity contribution in [3.63, 3.8) is 0 Å². The summed E-state index contributed by atoms with van der Waals surface area (Å²) in [6.07, 6.45) is -1.06. The molecule has 3 aromatic rings. The largest absolute Gasteiger partial charge is 0.465 e. The molecule has 3 rings (SSSR count). The highest BCUT2D eigenvalue weighted by molar-refractivity contribution is 6.04. The first kappa shape index (κ1) is 25.2. The van der Waals surface area contributed by atoms with Gasteiger partial charge in [0.05, 0.1) is 17.5 Å². The van der Waals surface area contributed by atoms with E-state index in [1.54, 1.807) is 12.1 Å². The highest BCUT2D eigenvalue weighted by Gasteiger charge is 2.34. The van der Waals surface area contributed by atoms with Crippen LogP contribution >= 0.6 is 0 Å². The van der Waals surface area contributed by atoms with Crippen molar-refractivity contribution < 1.29 is 36.4 Å². The molecule has 0 aliphatic carbocycles. The first-order valence-corrected chi connectivity index (χ1v) is 10.2. The van der Waals surface area contributed by atoms with E-state index in [1.165, 1.54) is 36.6 Å². The number of amides is 3. The van der Waals surface area contributed by atoms with Crippen LogP contribution < -0.4 is 16.0 Å². The fraction of sp³-hybridized carbons (Fsp3) is 0.125. The van der Waals surface area contributed by atoms with Gasteiger partial charge in [-0.3, -0.25) is 14.4 Å². The Morgan fingerprint density at radius 3 is 2.37 bits per heavy atom. The van der Waals surface area contributed by atoms with Crippen LogP contribution in [0.1, 0.15) is 28.1 Å². The van der Waals surface area contributed by atoms with Crippen LogP contribution in [0, 0.1) is 5.82 Å². The second-order valence-electron chi connectivity index (χ2n) is 7.16. The van der Waals surface area contributed by atoms with Crippen LogP contribution in [-0.4, -0.2) is 24.3 Å². The van der Waals surface area contributed by atoms with Crippen molar-refractivity contribution in [2.45, 2.75) is 12.6 Å². The Balaban J connectivity index is 1.59. The topological polar surface area (TPSA) is 100 Å². The maximum absolute atomic E-state index is 13.6. The number of anilines is 2. The van der Waals surface area contributed by atoms with Crippen molar-refractivity contribution in [3.05, 3.63) is 89.6 Å². The molecule has 35 heavy (non-hydrogen) atoms. The van der Waals surface area contributed by atoms with E-state index in [-0.39, 0.29) is 24.2 Å². The Hall–Kier alpha value is -4.41. The normalized spacial score (nSPS) is 11.3. The van der Waals surface area contributed by atoms with E-state index >= 15 is 0 Å². The van der Waals surface area contributed by atoms with Gasteiger partial charge in [-0.25, -0.2) is 4.39 Å². The van der Waals surface area contributed by atoms with E-state index in [0.717, 1.165) is 18.2 Å². The van der Waals surface area contributed by atoms with Crippen LogP contribution in [0.15, 0.2) is 71.4 Å². The molecule has 1 heterocycles. The molecular weight excluding hydrogens is 470 g/mol. The summed E-state index contributed by atoms with van der Waals surface area (Å²) >= 11 is 0. The predicted octanol–water partition coefficient (Wildman–Crippen LogP) is 4.85. The lowest BCUT2D eigenvalue weighted by Gasteiger charge is -2.16. The van der Waals surface area contributed by atoms with Crippen LogP contribution in [-0.2, 0) is 15.8 Å². The fourth-order valence-electron chi connectivity index (χ4n) is 2.88. The summed E-state index contributed by atoms with van der Waals surface area (Å²) in [5.74, 6) is -2.10. The van der Waals surface area contributed by atoms with E-state index < -0.39 is 41.0 Å². The van der Waals surface area contributed by atoms with Crippen molar-refractivity contribution in [1.82, 2.24) is 5.32 Å². The number of furan rings is 1. The second-order valence-corrected chi connectivity index (χ2v) is 7.16. The second kappa shape index (κ2) is 11.1. The number of hydrogen-bond donors (Lipinski definition) is 3. The van der Waals surface area contributed by atoms with Crippen LogP contribution in [0.3, 0.4) is 0 Å². The number of nitrogens with one attached hydrogen (secondary N) is 3. The van der Waals surface area contributed by atoms with Gasteiger partial charge in [0.25, 0.3) is 5.91 Å². The van der Waals surface area contributed by atoms with Gasteiger partial charge in [0.15, 0.2) is 0 Å². The molecule has 7 nitrogen and oxygen atoms in total. The molecule has 0 unspecified atom stereocenters. The summed E-state index contributed by atoms with van der Waals surface area (Å²) in [6.45, 7) is -0.111. The van der Waals surface area contributed by atoms with Gasteiger partial charge < -0.3 is 20.4 Å². The quantitative estimate of drug-likeness (QED) is 0.311. The monoisotopic (exact) mass is 489 g/mol. The molecule has 0 bridgehead atoms. The van der Waals surface area contributed by atoms with E-state index in [2.05, 4.69) is 16.0 Å². The average molecular weight is 489 g/mol. The lowest BCUT2D eigenvalue weighted by molar-refractivity contribution is -0.137. The molecular formula is C24H19F4N3O4. The third-order valence-corrected chi connectivity index (χ3v) is 4.56. The SMILES string of the molecule is O=C(/C=C/c1ccco1)NCCC(=O)Nc1ccc(NC(=O)c2ccc(F)cc2)cc1C(F)(F)F. The smallest absolute Gasteiger partial charge is 0.418 e. The summed E-state index contributed by atoms with van der Waals surface area (Å²) in [7, 11) is 0. The van der Waals surface area contributed by atoms with Crippen molar-refractivity contribution >= 4 is 35.2 Å². The summed E-state index contributed by atoms with van der Waals surface area (Å²) in [5.41, 5.74) is -1.79. The number of benzene rings is 2. The molecule has 1 aromatic heterocycles. The average Bonchev–Trinajstić information content (AvgIpc) is 3.32. The van der Waals surface area contributed by atoms with E-state index in [9.17, 15) is 31.9 Å². The van der Waals surface area contributed by atoms with Crippen LogP contribution in [0.4, 0.5) is 28.9 Å². The summed E-state index contributed by atoms with van der Waals surface area (Å²) < 4.78 is 58.7. The molecule has 0 atom stereocenters. The third-order valence-electron chi connectivity index (χ3n) is 4.56. The molecule has 0 aliphatic heterocycles. The van der Waals surface area contributed by atoms with Crippen LogP contribution in [0.25, 0.3) is 6.08 Å². The predicted molar refractivity (Wildman–Crippen MR) is 120 cm³/mol. The third kappa shape index (κ3) is 7.56. The lowest BCUT2D eigenvalue weighted by atomic mass is 10.1. The van der Waals surface area contributed by atoms with Crippen LogP contribution in [0.5, 0.6) is 0 Å². The maximum Gasteiger partial charge on any atom is 0.418 e. The first-order chi connectivity index (χ1) is 16.6. The Morgan fingerprint density at radius 2 is 1.71 bits per heavy atom. The molecule has 3 N–H and O–H groups in total. The Kier molecular flexibility index (Phi) is 8.03. The number of halogens is 4. The Labute approximate surface area is 196 Å². The van der Waals surface area contributed by atoms with Crippen LogP contribution in [0.2, 0.25) is 0 Å². The Morgan fingerprint density at radius 1 is 0.971 bits per heavy atom. The maximum atomic E-state index is 13.6. The zero-order chi connectivity index (χ0) is 25.4. The molecule has 2 aromatic carbocycles. The van der Waals surface area contributed by atoms with Gasteiger partial charge in [-0.1, -0.05) is 0 Å². The van der Waals surface area contributed by atoms with Gasteiger partial charge in [-0.05, 0) is 60.7 Å². The van der Waals surface area contributed by atoms with Gasteiger partial charge in [0, 0.05) is 30.3 Å². The molecule has 0 aliphatic rings. The van der Waals surface area contributed by atoms with Gasteiger partial charge in [0.1, 0.15) is 11.6 Å². The highest BCUT2D eigenvalue weighted by Crippen LogP contribution is 2.36. The first-order valence-electron chi connectivity index (χ1n) is 10.2. The summed E-state index contributed by atoms with van der Waals surface area (Å²) in [6, 6.07) is 10.6. The van der Waals surface area contributed by atoms with E-state index in [1.807, 2.05) is 0 Å². The summed E-state index contributed by atoms with van der Waals surface area (Å²) in [4.78, 5) is 36.1. The van der Waals surface area contributed by atoms with Gasteiger partial charge in [-0.2, -0.15) is 13.2 Å².